The van der Waals surface area contributed by atoms with Gasteiger partial charge in [-0.25, -0.2) is 8.42 Å². The van der Waals surface area contributed by atoms with Gasteiger partial charge in [0, 0.05) is 22.0 Å². The maximum atomic E-state index is 12.6. The Morgan fingerprint density at radius 2 is 1.62 bits per heavy atom. The van der Waals surface area contributed by atoms with E-state index in [1.165, 1.54) is 23.1 Å². The average Bonchev–Trinajstić information content (AvgIpc) is 2.68. The van der Waals surface area contributed by atoms with E-state index >= 15 is 0 Å². The number of benzene rings is 3. The Morgan fingerprint density at radius 1 is 0.966 bits per heavy atom. The molecule has 0 saturated heterocycles. The van der Waals surface area contributed by atoms with Gasteiger partial charge in [0.1, 0.15) is 0 Å². The second kappa shape index (κ2) is 9.35. The molecule has 2 N–H and O–H groups in total. The SMILES string of the molecule is CS(=O)(=O)Nc1ccc(Cl)c(C(=O)Nc2ccc(CSc3ccccc3)cc2)c1. The highest BCUT2D eigenvalue weighted by Gasteiger charge is 2.13. The van der Waals surface area contributed by atoms with Gasteiger partial charge in [-0.3, -0.25) is 9.52 Å². The fourth-order valence-corrected chi connectivity index (χ4v) is 4.18. The molecule has 0 aliphatic rings. The van der Waals surface area contributed by atoms with Crippen LogP contribution in [-0.4, -0.2) is 20.6 Å². The second-order valence-corrected chi connectivity index (χ2v) is 9.53. The number of hydrogen-bond acceptors (Lipinski definition) is 4. The van der Waals surface area contributed by atoms with Crippen LogP contribution in [0.1, 0.15) is 15.9 Å². The first kappa shape index (κ1) is 21.2. The summed E-state index contributed by atoms with van der Waals surface area (Å²) in [6.07, 6.45) is 1.04. The van der Waals surface area contributed by atoms with Crippen LogP contribution in [0.4, 0.5) is 11.4 Å². The lowest BCUT2D eigenvalue weighted by molar-refractivity contribution is 0.102. The average molecular weight is 447 g/mol. The first-order valence-electron chi connectivity index (χ1n) is 8.66. The van der Waals surface area contributed by atoms with Crippen LogP contribution < -0.4 is 10.0 Å². The fourth-order valence-electron chi connectivity index (χ4n) is 2.54. The number of nitrogens with one attached hydrogen (secondary N) is 2. The van der Waals surface area contributed by atoms with Crippen molar-refractivity contribution < 1.29 is 13.2 Å². The number of halogens is 1. The Morgan fingerprint density at radius 3 is 2.28 bits per heavy atom. The van der Waals surface area contributed by atoms with Crippen LogP contribution >= 0.6 is 23.4 Å². The number of carbonyl (C=O) groups excluding carboxylic acids is 1. The van der Waals surface area contributed by atoms with Gasteiger partial charge >= 0.3 is 0 Å². The maximum Gasteiger partial charge on any atom is 0.257 e. The van der Waals surface area contributed by atoms with Gasteiger partial charge in [0.05, 0.1) is 16.8 Å². The Kier molecular flexibility index (Phi) is 6.84. The standard InChI is InChI=1S/C21H19ClN2O3S2/c1-29(26,27)24-17-11-12-20(22)19(13-17)21(25)23-16-9-7-15(8-10-16)14-28-18-5-3-2-4-6-18/h2-13,24H,14H2,1H3,(H,23,25). The molecule has 0 unspecified atom stereocenters. The van der Waals surface area contributed by atoms with Crippen LogP contribution in [0, 0.1) is 0 Å². The zero-order chi connectivity index (χ0) is 20.9. The van der Waals surface area contributed by atoms with Gasteiger partial charge in [-0.2, -0.15) is 0 Å². The van der Waals surface area contributed by atoms with Gasteiger partial charge in [-0.1, -0.05) is 41.9 Å². The molecule has 0 aliphatic heterocycles. The van der Waals surface area contributed by atoms with E-state index in [-0.39, 0.29) is 16.3 Å². The third-order valence-electron chi connectivity index (χ3n) is 3.87. The van der Waals surface area contributed by atoms with Gasteiger partial charge in [0.15, 0.2) is 0 Å². The molecule has 0 saturated carbocycles. The van der Waals surface area contributed by atoms with Crippen LogP contribution in [-0.2, 0) is 15.8 Å². The molecule has 0 atom stereocenters. The minimum absolute atomic E-state index is 0.184. The summed E-state index contributed by atoms with van der Waals surface area (Å²) in [5.74, 6) is 0.405. The van der Waals surface area contributed by atoms with E-state index < -0.39 is 15.9 Å². The Hall–Kier alpha value is -2.48. The van der Waals surface area contributed by atoms with Crippen molar-refractivity contribution >= 4 is 50.7 Å². The molecule has 3 aromatic rings. The van der Waals surface area contributed by atoms with E-state index in [0.29, 0.717) is 5.69 Å². The van der Waals surface area contributed by atoms with E-state index in [2.05, 4.69) is 22.2 Å². The van der Waals surface area contributed by atoms with E-state index in [1.807, 2.05) is 42.5 Å². The summed E-state index contributed by atoms with van der Waals surface area (Å²) in [4.78, 5) is 13.8. The predicted molar refractivity (Wildman–Crippen MR) is 120 cm³/mol. The van der Waals surface area contributed by atoms with E-state index in [0.717, 1.165) is 17.6 Å². The molecule has 0 fully saturated rings. The molecular weight excluding hydrogens is 428 g/mol. The highest BCUT2D eigenvalue weighted by Crippen LogP contribution is 2.25. The van der Waals surface area contributed by atoms with Gasteiger partial charge in [-0.15, -0.1) is 11.8 Å². The third-order valence-corrected chi connectivity index (χ3v) is 5.89. The molecule has 3 rings (SSSR count). The first-order valence-corrected chi connectivity index (χ1v) is 11.9. The lowest BCUT2D eigenvalue weighted by Crippen LogP contribution is -2.14. The molecule has 0 heterocycles. The summed E-state index contributed by atoms with van der Waals surface area (Å²) in [7, 11) is -3.45. The smallest absolute Gasteiger partial charge is 0.257 e. The van der Waals surface area contributed by atoms with Crippen LogP contribution in [0.15, 0.2) is 77.7 Å². The normalized spacial score (nSPS) is 11.1. The molecule has 1 amide bonds. The molecule has 0 aromatic heterocycles. The largest absolute Gasteiger partial charge is 0.322 e. The maximum absolute atomic E-state index is 12.6. The van der Waals surface area contributed by atoms with Gasteiger partial charge in [0.2, 0.25) is 10.0 Å². The van der Waals surface area contributed by atoms with Gasteiger partial charge in [0.25, 0.3) is 5.91 Å². The predicted octanol–water partition coefficient (Wildman–Crippen LogP) is 5.26. The topological polar surface area (TPSA) is 75.3 Å². The van der Waals surface area contributed by atoms with Crippen LogP contribution in [0.2, 0.25) is 5.02 Å². The second-order valence-electron chi connectivity index (χ2n) is 6.32. The van der Waals surface area contributed by atoms with Crippen molar-refractivity contribution in [3.05, 3.63) is 88.9 Å². The number of rotatable bonds is 7. The monoisotopic (exact) mass is 446 g/mol. The van der Waals surface area contributed by atoms with Crippen molar-refractivity contribution in [1.29, 1.82) is 0 Å². The highest BCUT2D eigenvalue weighted by molar-refractivity contribution is 7.98. The van der Waals surface area contributed by atoms with Crippen LogP contribution in [0.25, 0.3) is 0 Å². The zero-order valence-electron chi connectivity index (χ0n) is 15.6. The van der Waals surface area contributed by atoms with Crippen molar-refractivity contribution in [2.75, 3.05) is 16.3 Å². The lowest BCUT2D eigenvalue weighted by atomic mass is 10.1. The highest BCUT2D eigenvalue weighted by atomic mass is 35.5. The van der Waals surface area contributed by atoms with Crippen molar-refractivity contribution in [1.82, 2.24) is 0 Å². The third kappa shape index (κ3) is 6.52. The van der Waals surface area contributed by atoms with Crippen LogP contribution in [0.3, 0.4) is 0 Å². The fraction of sp³-hybridized carbons (Fsp3) is 0.0952. The summed E-state index contributed by atoms with van der Waals surface area (Å²) < 4.78 is 25.1. The van der Waals surface area contributed by atoms with Crippen molar-refractivity contribution in [3.8, 4) is 0 Å². The number of hydrogen-bond donors (Lipinski definition) is 2. The molecule has 150 valence electrons. The number of amides is 1. The van der Waals surface area contributed by atoms with Crippen molar-refractivity contribution in [3.63, 3.8) is 0 Å². The number of sulfonamides is 1. The number of anilines is 2. The molecule has 0 aliphatic carbocycles. The molecule has 0 spiro atoms. The minimum atomic E-state index is -3.45. The Labute approximate surface area is 179 Å². The quantitative estimate of drug-likeness (QED) is 0.485. The summed E-state index contributed by atoms with van der Waals surface area (Å²) >= 11 is 7.85. The first-order chi connectivity index (χ1) is 13.8. The summed E-state index contributed by atoms with van der Waals surface area (Å²) in [6, 6.07) is 22.1. The van der Waals surface area contributed by atoms with Gasteiger partial charge < -0.3 is 5.32 Å². The van der Waals surface area contributed by atoms with Crippen LogP contribution in [0.5, 0.6) is 0 Å². The minimum Gasteiger partial charge on any atom is -0.322 e. The van der Waals surface area contributed by atoms with E-state index in [4.69, 9.17) is 11.6 Å². The summed E-state index contributed by atoms with van der Waals surface area (Å²) in [5.41, 5.74) is 2.22. The molecule has 29 heavy (non-hydrogen) atoms. The van der Waals surface area contributed by atoms with Gasteiger partial charge in [-0.05, 0) is 48.0 Å². The van der Waals surface area contributed by atoms with E-state index in [9.17, 15) is 13.2 Å². The van der Waals surface area contributed by atoms with Crippen molar-refractivity contribution in [2.24, 2.45) is 0 Å². The molecule has 3 aromatic carbocycles. The molecular formula is C21H19ClN2O3S2. The summed E-state index contributed by atoms with van der Waals surface area (Å²) in [6.45, 7) is 0. The number of thioether (sulfide) groups is 1. The molecule has 0 bridgehead atoms. The zero-order valence-corrected chi connectivity index (χ0v) is 17.9. The summed E-state index contributed by atoms with van der Waals surface area (Å²) in [5, 5.41) is 3.02. The van der Waals surface area contributed by atoms with E-state index in [1.54, 1.807) is 11.8 Å². The van der Waals surface area contributed by atoms with Crippen molar-refractivity contribution in [2.45, 2.75) is 10.6 Å². The molecule has 5 nitrogen and oxygen atoms in total. The molecule has 0 radical (unpaired) electrons. The molecule has 8 heteroatoms. The number of carbonyl (C=O) groups is 1. The Bertz CT molecular complexity index is 1100. The lowest BCUT2D eigenvalue weighted by Gasteiger charge is -2.10. The Balaban J connectivity index is 1.65.